The summed E-state index contributed by atoms with van der Waals surface area (Å²) in [6.07, 6.45) is 0. The Morgan fingerprint density at radius 2 is 1.65 bits per heavy atom. The summed E-state index contributed by atoms with van der Waals surface area (Å²) in [5.41, 5.74) is 3.25. The number of hydrogen-bond donors (Lipinski definition) is 2. The molecule has 2 aromatic carbocycles. The van der Waals surface area contributed by atoms with E-state index in [9.17, 15) is 4.79 Å². The van der Waals surface area contributed by atoms with Crippen molar-refractivity contribution in [2.45, 2.75) is 39.2 Å². The number of anilines is 1. The zero-order valence-electron chi connectivity index (χ0n) is 14.0. The number of para-hydroxylation sites is 1. The zero-order chi connectivity index (χ0) is 17.0. The first-order valence-corrected chi connectivity index (χ1v) is 8.49. The van der Waals surface area contributed by atoms with Gasteiger partial charge in [0.25, 0.3) is 0 Å². The number of carbonyl (C=O) groups excluding carboxylic acids is 1. The summed E-state index contributed by atoms with van der Waals surface area (Å²) < 4.78 is 0.859. The van der Waals surface area contributed by atoms with Crippen LogP contribution in [0.2, 0.25) is 0 Å². The van der Waals surface area contributed by atoms with Gasteiger partial charge in [-0.1, -0.05) is 57.2 Å². The molecule has 0 aliphatic heterocycles. The lowest BCUT2D eigenvalue weighted by Crippen LogP contribution is -2.31. The molecular formula is C19H23BrN2O. The second kappa shape index (κ2) is 7.18. The fourth-order valence-corrected chi connectivity index (χ4v) is 2.66. The first-order chi connectivity index (χ1) is 10.8. The lowest BCUT2D eigenvalue weighted by Gasteiger charge is -2.21. The van der Waals surface area contributed by atoms with Crippen molar-refractivity contribution in [2.75, 3.05) is 5.32 Å². The number of rotatable bonds is 3. The minimum atomic E-state index is -0.218. The van der Waals surface area contributed by atoms with Crippen LogP contribution in [0.5, 0.6) is 0 Å². The summed E-state index contributed by atoms with van der Waals surface area (Å²) in [4.78, 5) is 12.1. The first kappa shape index (κ1) is 17.5. The van der Waals surface area contributed by atoms with Gasteiger partial charge in [0, 0.05) is 4.47 Å². The third-order valence-electron chi connectivity index (χ3n) is 3.75. The molecule has 0 saturated heterocycles. The molecule has 0 aromatic heterocycles. The maximum atomic E-state index is 12.1. The number of carbonyl (C=O) groups is 1. The standard InChI is InChI=1S/C19H23BrN2O/c1-13(14-9-11-15(12-10-14)19(2,3)4)21-18(23)22-17-8-6-5-7-16(17)20/h5-13H,1-4H3,(H2,21,22,23). The highest BCUT2D eigenvalue weighted by molar-refractivity contribution is 9.10. The lowest BCUT2D eigenvalue weighted by molar-refractivity contribution is 0.249. The molecule has 0 heterocycles. The van der Waals surface area contributed by atoms with Gasteiger partial charge in [0.1, 0.15) is 0 Å². The molecule has 0 bridgehead atoms. The number of amides is 2. The Bertz CT molecular complexity index is 675. The Kier molecular flexibility index (Phi) is 5.47. The monoisotopic (exact) mass is 374 g/mol. The number of nitrogens with one attached hydrogen (secondary N) is 2. The van der Waals surface area contributed by atoms with E-state index < -0.39 is 0 Å². The summed E-state index contributed by atoms with van der Waals surface area (Å²) in [6.45, 7) is 8.55. The van der Waals surface area contributed by atoms with Crippen LogP contribution in [0.25, 0.3) is 0 Å². The summed E-state index contributed by atoms with van der Waals surface area (Å²) >= 11 is 3.42. The van der Waals surface area contributed by atoms with Crippen molar-refractivity contribution in [2.24, 2.45) is 0 Å². The van der Waals surface area contributed by atoms with Crippen molar-refractivity contribution in [3.8, 4) is 0 Å². The molecule has 0 aliphatic carbocycles. The fraction of sp³-hybridized carbons (Fsp3) is 0.316. The highest BCUT2D eigenvalue weighted by Crippen LogP contribution is 2.24. The molecule has 4 heteroatoms. The van der Waals surface area contributed by atoms with Crippen molar-refractivity contribution >= 4 is 27.6 Å². The molecule has 0 aliphatic rings. The molecule has 2 aromatic rings. The second-order valence-corrected chi connectivity index (χ2v) is 7.53. The molecule has 1 unspecified atom stereocenters. The van der Waals surface area contributed by atoms with Gasteiger partial charge in [-0.2, -0.15) is 0 Å². The Morgan fingerprint density at radius 1 is 1.04 bits per heavy atom. The highest BCUT2D eigenvalue weighted by Gasteiger charge is 2.15. The van der Waals surface area contributed by atoms with Gasteiger partial charge in [-0.25, -0.2) is 4.79 Å². The van der Waals surface area contributed by atoms with Crippen LogP contribution in [0.1, 0.15) is 44.9 Å². The Labute approximate surface area is 146 Å². The molecular weight excluding hydrogens is 352 g/mol. The quantitative estimate of drug-likeness (QED) is 0.717. The Hall–Kier alpha value is -1.81. The maximum Gasteiger partial charge on any atom is 0.319 e. The first-order valence-electron chi connectivity index (χ1n) is 7.70. The van der Waals surface area contributed by atoms with Crippen molar-refractivity contribution < 1.29 is 4.79 Å². The van der Waals surface area contributed by atoms with Gasteiger partial charge in [0.15, 0.2) is 0 Å². The molecule has 0 fully saturated rings. The van der Waals surface area contributed by atoms with Gasteiger partial charge >= 0.3 is 6.03 Å². The predicted molar refractivity (Wildman–Crippen MR) is 99.9 cm³/mol. The molecule has 0 radical (unpaired) electrons. The molecule has 3 nitrogen and oxygen atoms in total. The minimum absolute atomic E-state index is 0.0634. The van der Waals surface area contributed by atoms with E-state index in [0.717, 1.165) is 15.7 Å². The minimum Gasteiger partial charge on any atom is -0.331 e. The largest absolute Gasteiger partial charge is 0.331 e. The Morgan fingerprint density at radius 3 is 2.22 bits per heavy atom. The van der Waals surface area contributed by atoms with Crippen LogP contribution in [0.3, 0.4) is 0 Å². The maximum absolute atomic E-state index is 12.1. The number of benzene rings is 2. The van der Waals surface area contributed by atoms with E-state index in [1.54, 1.807) is 0 Å². The average Bonchev–Trinajstić information content (AvgIpc) is 2.49. The van der Waals surface area contributed by atoms with Gasteiger partial charge < -0.3 is 10.6 Å². The lowest BCUT2D eigenvalue weighted by atomic mass is 9.86. The number of hydrogen-bond acceptors (Lipinski definition) is 1. The van der Waals surface area contributed by atoms with E-state index in [0.29, 0.717) is 0 Å². The molecule has 0 saturated carbocycles. The third kappa shape index (κ3) is 4.83. The van der Waals surface area contributed by atoms with Crippen LogP contribution >= 0.6 is 15.9 Å². The normalized spacial score (nSPS) is 12.6. The van der Waals surface area contributed by atoms with Crippen LogP contribution in [0, 0.1) is 0 Å². The molecule has 1 atom stereocenters. The molecule has 2 amide bonds. The summed E-state index contributed by atoms with van der Waals surface area (Å²) in [5.74, 6) is 0. The van der Waals surface area contributed by atoms with E-state index >= 15 is 0 Å². The van der Waals surface area contributed by atoms with E-state index in [1.807, 2.05) is 31.2 Å². The van der Waals surface area contributed by atoms with E-state index in [-0.39, 0.29) is 17.5 Å². The van der Waals surface area contributed by atoms with Gasteiger partial charge in [0.05, 0.1) is 11.7 Å². The fourth-order valence-electron chi connectivity index (χ4n) is 2.27. The Balaban J connectivity index is 2.00. The van der Waals surface area contributed by atoms with E-state index in [1.165, 1.54) is 5.56 Å². The van der Waals surface area contributed by atoms with Crippen LogP contribution in [0.4, 0.5) is 10.5 Å². The van der Waals surface area contributed by atoms with E-state index in [2.05, 4.69) is 71.6 Å². The average molecular weight is 375 g/mol. The van der Waals surface area contributed by atoms with Crippen LogP contribution in [-0.4, -0.2) is 6.03 Å². The highest BCUT2D eigenvalue weighted by atomic mass is 79.9. The van der Waals surface area contributed by atoms with Crippen molar-refractivity contribution in [1.29, 1.82) is 0 Å². The van der Waals surface area contributed by atoms with Crippen molar-refractivity contribution in [3.63, 3.8) is 0 Å². The number of urea groups is 1. The molecule has 23 heavy (non-hydrogen) atoms. The molecule has 0 spiro atoms. The third-order valence-corrected chi connectivity index (χ3v) is 4.44. The van der Waals surface area contributed by atoms with Gasteiger partial charge in [-0.05, 0) is 51.5 Å². The van der Waals surface area contributed by atoms with Gasteiger partial charge in [-0.3, -0.25) is 0 Å². The summed E-state index contributed by atoms with van der Waals surface area (Å²) in [7, 11) is 0. The van der Waals surface area contributed by atoms with Crippen molar-refractivity contribution in [1.82, 2.24) is 5.32 Å². The van der Waals surface area contributed by atoms with Crippen LogP contribution in [0.15, 0.2) is 53.0 Å². The van der Waals surface area contributed by atoms with Gasteiger partial charge in [0.2, 0.25) is 0 Å². The SMILES string of the molecule is CC(NC(=O)Nc1ccccc1Br)c1ccc(C(C)(C)C)cc1. The second-order valence-electron chi connectivity index (χ2n) is 6.67. The van der Waals surface area contributed by atoms with E-state index in [4.69, 9.17) is 0 Å². The smallest absolute Gasteiger partial charge is 0.319 e. The van der Waals surface area contributed by atoms with Crippen LogP contribution < -0.4 is 10.6 Å². The van der Waals surface area contributed by atoms with Crippen LogP contribution in [-0.2, 0) is 5.41 Å². The zero-order valence-corrected chi connectivity index (χ0v) is 15.6. The van der Waals surface area contributed by atoms with Gasteiger partial charge in [-0.15, -0.1) is 0 Å². The summed E-state index contributed by atoms with van der Waals surface area (Å²) in [5, 5.41) is 5.81. The summed E-state index contributed by atoms with van der Waals surface area (Å²) in [6, 6.07) is 15.7. The molecule has 2 N–H and O–H groups in total. The molecule has 122 valence electrons. The van der Waals surface area contributed by atoms with Crippen molar-refractivity contribution in [3.05, 3.63) is 64.1 Å². The molecule has 2 rings (SSSR count). The topological polar surface area (TPSA) is 41.1 Å². The number of halogens is 1. The predicted octanol–water partition coefficient (Wildman–Crippen LogP) is 5.63.